The molecule has 0 fully saturated rings. The minimum Gasteiger partial charge on any atom is -0.404 e. The van der Waals surface area contributed by atoms with Gasteiger partial charge in [0.25, 0.3) is 0 Å². The molecule has 0 unspecified atom stereocenters. The third-order valence-corrected chi connectivity index (χ3v) is 2.97. The van der Waals surface area contributed by atoms with Gasteiger partial charge in [-0.15, -0.1) is 0 Å². The maximum absolute atomic E-state index is 14.1. The number of hydrogen-bond donors (Lipinski definition) is 2. The van der Waals surface area contributed by atoms with Crippen molar-refractivity contribution in [3.8, 4) is 17.2 Å². The van der Waals surface area contributed by atoms with Crippen molar-refractivity contribution in [2.24, 2.45) is 5.73 Å². The summed E-state index contributed by atoms with van der Waals surface area (Å²) < 4.78 is 15.5. The molecule has 0 amide bonds. The zero-order valence-corrected chi connectivity index (χ0v) is 11.3. The number of nitrogens with one attached hydrogen (secondary N) is 1. The molecule has 7 heteroatoms. The number of rotatable bonds is 3. The summed E-state index contributed by atoms with van der Waals surface area (Å²) in [6.45, 7) is 1.83. The number of halogens is 1. The van der Waals surface area contributed by atoms with Crippen molar-refractivity contribution in [2.45, 2.75) is 6.92 Å². The Kier molecular flexibility index (Phi) is 3.23. The van der Waals surface area contributed by atoms with E-state index in [1.165, 1.54) is 23.3 Å². The number of imidazole rings is 1. The lowest BCUT2D eigenvalue weighted by molar-refractivity contribution is 0.610. The monoisotopic (exact) mass is 284 g/mol. The van der Waals surface area contributed by atoms with Crippen molar-refractivity contribution in [1.29, 1.82) is 0 Å². The molecule has 0 radical (unpaired) electrons. The maximum atomic E-state index is 14.1. The van der Waals surface area contributed by atoms with Crippen LogP contribution in [0.15, 0.2) is 36.9 Å². The van der Waals surface area contributed by atoms with Gasteiger partial charge in [-0.3, -0.25) is 0 Å². The Morgan fingerprint density at radius 3 is 2.95 bits per heavy atom. The van der Waals surface area contributed by atoms with Crippen molar-refractivity contribution in [3.05, 3.63) is 54.1 Å². The van der Waals surface area contributed by atoms with Crippen LogP contribution in [0.1, 0.15) is 11.4 Å². The first-order chi connectivity index (χ1) is 10.2. The number of nitrogens with zero attached hydrogens (tertiary/aromatic N) is 4. The number of aryl methyl sites for hydroxylation is 1. The van der Waals surface area contributed by atoms with Gasteiger partial charge < -0.3 is 10.7 Å². The number of hydrogen-bond acceptors (Lipinski definition) is 4. The second kappa shape index (κ2) is 5.20. The molecule has 106 valence electrons. The van der Waals surface area contributed by atoms with E-state index in [4.69, 9.17) is 5.73 Å². The highest BCUT2D eigenvalue weighted by atomic mass is 19.1. The van der Waals surface area contributed by atoms with Crippen LogP contribution in [0.2, 0.25) is 0 Å². The first-order valence-corrected chi connectivity index (χ1v) is 6.29. The minimum absolute atomic E-state index is 0.332. The van der Waals surface area contributed by atoms with Crippen LogP contribution in [-0.4, -0.2) is 24.7 Å². The molecule has 3 N–H and O–H groups in total. The van der Waals surface area contributed by atoms with Crippen LogP contribution in [0.25, 0.3) is 23.3 Å². The lowest BCUT2D eigenvalue weighted by Crippen LogP contribution is -2.02. The molecule has 0 atom stereocenters. The van der Waals surface area contributed by atoms with Gasteiger partial charge in [0.1, 0.15) is 29.4 Å². The molecule has 3 rings (SSSR count). The van der Waals surface area contributed by atoms with Gasteiger partial charge in [-0.05, 0) is 36.9 Å². The first-order valence-electron chi connectivity index (χ1n) is 6.29. The van der Waals surface area contributed by atoms with Crippen molar-refractivity contribution in [2.75, 3.05) is 0 Å². The lowest BCUT2D eigenvalue weighted by atomic mass is 10.2. The van der Waals surface area contributed by atoms with Crippen LogP contribution < -0.4 is 5.73 Å². The minimum atomic E-state index is -0.358. The molecular formula is C14H13FN6. The van der Waals surface area contributed by atoms with Gasteiger partial charge in [0.2, 0.25) is 0 Å². The molecule has 0 aliphatic carbocycles. The van der Waals surface area contributed by atoms with E-state index in [2.05, 4.69) is 20.1 Å². The van der Waals surface area contributed by atoms with Gasteiger partial charge in [0.05, 0.1) is 6.20 Å². The van der Waals surface area contributed by atoms with Crippen molar-refractivity contribution in [3.63, 3.8) is 0 Å². The number of H-pyrrole nitrogens is 1. The molecule has 3 aromatic rings. The molecule has 6 nitrogen and oxygen atoms in total. The summed E-state index contributed by atoms with van der Waals surface area (Å²) in [7, 11) is 0. The van der Waals surface area contributed by atoms with Crippen molar-refractivity contribution in [1.82, 2.24) is 24.7 Å². The van der Waals surface area contributed by atoms with Crippen LogP contribution >= 0.6 is 0 Å². The van der Waals surface area contributed by atoms with Crippen LogP contribution in [0.4, 0.5) is 4.39 Å². The highest BCUT2D eigenvalue weighted by Gasteiger charge is 2.14. The Morgan fingerprint density at radius 1 is 1.33 bits per heavy atom. The molecule has 21 heavy (non-hydrogen) atoms. The summed E-state index contributed by atoms with van der Waals surface area (Å²) in [5.74, 6) is 0.705. The van der Waals surface area contributed by atoms with Gasteiger partial charge in [-0.1, -0.05) is 6.07 Å². The highest BCUT2D eigenvalue weighted by molar-refractivity contribution is 5.55. The van der Waals surface area contributed by atoms with Gasteiger partial charge in [-0.25, -0.2) is 19.0 Å². The Labute approximate surface area is 120 Å². The molecule has 1 aromatic carbocycles. The molecule has 0 aliphatic heterocycles. The summed E-state index contributed by atoms with van der Waals surface area (Å²) in [6.07, 6.45) is 5.97. The zero-order chi connectivity index (χ0) is 14.8. The van der Waals surface area contributed by atoms with Gasteiger partial charge >= 0.3 is 0 Å². The Balaban J connectivity index is 2.07. The average Bonchev–Trinajstić information content (AvgIpc) is 3.07. The predicted octanol–water partition coefficient (Wildman–Crippen LogP) is 2.03. The molecule has 0 aliphatic rings. The molecule has 0 spiro atoms. The van der Waals surface area contributed by atoms with Crippen LogP contribution in [0, 0.1) is 12.7 Å². The molecule has 2 heterocycles. The molecule has 2 aromatic heterocycles. The Bertz CT molecular complexity index is 801. The second-order valence-corrected chi connectivity index (χ2v) is 4.49. The van der Waals surface area contributed by atoms with Crippen LogP contribution in [0.3, 0.4) is 0 Å². The summed E-state index contributed by atoms with van der Waals surface area (Å²) in [4.78, 5) is 11.3. The number of aromatic amines is 1. The topological polar surface area (TPSA) is 85.4 Å². The van der Waals surface area contributed by atoms with E-state index < -0.39 is 0 Å². The van der Waals surface area contributed by atoms with Gasteiger partial charge in [-0.2, -0.15) is 5.10 Å². The van der Waals surface area contributed by atoms with E-state index in [0.717, 1.165) is 5.56 Å². The van der Waals surface area contributed by atoms with E-state index in [1.807, 2.05) is 13.0 Å². The van der Waals surface area contributed by atoms with Gasteiger partial charge in [0.15, 0.2) is 5.82 Å². The number of nitrogens with two attached hydrogens (primary N) is 1. The largest absolute Gasteiger partial charge is 0.404 e. The van der Waals surface area contributed by atoms with Crippen LogP contribution in [-0.2, 0) is 0 Å². The number of benzene rings is 1. The van der Waals surface area contributed by atoms with E-state index in [0.29, 0.717) is 23.0 Å². The predicted molar refractivity (Wildman–Crippen MR) is 76.9 cm³/mol. The standard InChI is InChI=1S/C14H13FN6/c1-9-2-3-12(10(15)6-9)21-14(18-8-19-21)11-7-17-13(20-11)4-5-16/h2-8H,16H2,1H3,(H,17,20)/b5-4+. The first kappa shape index (κ1) is 13.0. The number of aromatic nitrogens is 5. The van der Waals surface area contributed by atoms with E-state index >= 15 is 0 Å². The van der Waals surface area contributed by atoms with E-state index in [9.17, 15) is 4.39 Å². The summed E-state index contributed by atoms with van der Waals surface area (Å²) in [5, 5.41) is 4.08. The fraction of sp³-hybridized carbons (Fsp3) is 0.0714. The molecule has 0 saturated heterocycles. The normalized spacial score (nSPS) is 11.3. The van der Waals surface area contributed by atoms with Crippen LogP contribution in [0.5, 0.6) is 0 Å². The summed E-state index contributed by atoms with van der Waals surface area (Å²) in [6, 6.07) is 4.94. The third kappa shape index (κ3) is 2.40. The lowest BCUT2D eigenvalue weighted by Gasteiger charge is -2.06. The third-order valence-electron chi connectivity index (χ3n) is 2.97. The van der Waals surface area contributed by atoms with Crippen molar-refractivity contribution < 1.29 is 4.39 Å². The summed E-state index contributed by atoms with van der Waals surface area (Å²) in [5.41, 5.74) is 7.12. The fourth-order valence-corrected chi connectivity index (χ4v) is 2.01. The Morgan fingerprint density at radius 2 is 2.19 bits per heavy atom. The summed E-state index contributed by atoms with van der Waals surface area (Å²) >= 11 is 0. The average molecular weight is 284 g/mol. The smallest absolute Gasteiger partial charge is 0.181 e. The van der Waals surface area contributed by atoms with E-state index in [-0.39, 0.29) is 5.82 Å². The molecule has 0 saturated carbocycles. The molecular weight excluding hydrogens is 271 g/mol. The second-order valence-electron chi connectivity index (χ2n) is 4.49. The fourth-order valence-electron chi connectivity index (χ4n) is 2.01. The quantitative estimate of drug-likeness (QED) is 0.770. The Hall–Kier alpha value is -2.96. The maximum Gasteiger partial charge on any atom is 0.181 e. The van der Waals surface area contributed by atoms with E-state index in [1.54, 1.807) is 18.3 Å². The zero-order valence-electron chi connectivity index (χ0n) is 11.3. The van der Waals surface area contributed by atoms with Gasteiger partial charge in [0, 0.05) is 0 Å². The van der Waals surface area contributed by atoms with Crippen molar-refractivity contribution >= 4 is 6.08 Å². The molecule has 0 bridgehead atoms. The SMILES string of the molecule is Cc1ccc(-n2ncnc2-c2cnc(/C=C/N)[nH]2)c(F)c1. The highest BCUT2D eigenvalue weighted by Crippen LogP contribution is 2.21.